The molecular weight excluding hydrogens is 448 g/mol. The van der Waals surface area contributed by atoms with Gasteiger partial charge in [-0.3, -0.25) is 0 Å². The molecule has 0 aliphatic carbocycles. The largest absolute Gasteiger partial charge is 0.354 e. The third-order valence-corrected chi connectivity index (χ3v) is 7.56. The summed E-state index contributed by atoms with van der Waals surface area (Å²) in [6, 6.07) is 0.727. The first kappa shape index (κ1) is 28.9. The summed E-state index contributed by atoms with van der Waals surface area (Å²) in [7, 11) is 0. The number of hydrogen-bond acceptors (Lipinski definition) is 8. The van der Waals surface area contributed by atoms with Gasteiger partial charge in [0.1, 0.15) is 0 Å². The van der Waals surface area contributed by atoms with Crippen LogP contribution in [0.1, 0.15) is 108 Å². The predicted octanol–water partition coefficient (Wildman–Crippen LogP) is 4.96. The van der Waals surface area contributed by atoms with Crippen LogP contribution in [0, 0.1) is 0 Å². The minimum Gasteiger partial charge on any atom is -0.354 e. The first-order chi connectivity index (χ1) is 16.6. The van der Waals surface area contributed by atoms with Crippen LogP contribution in [0.25, 0.3) is 0 Å². The molecule has 8 nitrogen and oxygen atoms in total. The van der Waals surface area contributed by atoms with Crippen LogP contribution in [0.5, 0.6) is 0 Å². The fourth-order valence-electron chi connectivity index (χ4n) is 7.03. The Balaban J connectivity index is 2.01. The average molecular weight is 503 g/mol. The van der Waals surface area contributed by atoms with E-state index >= 15 is 0 Å². The number of piperidine rings is 2. The van der Waals surface area contributed by atoms with Crippen LogP contribution in [0.2, 0.25) is 0 Å². The molecule has 0 aromatic carbocycles. The Morgan fingerprint density at radius 3 is 1.33 bits per heavy atom. The molecule has 0 saturated carbocycles. The molecule has 0 unspecified atom stereocenters. The van der Waals surface area contributed by atoms with Gasteiger partial charge in [0, 0.05) is 53.9 Å². The van der Waals surface area contributed by atoms with Crippen molar-refractivity contribution in [2.24, 2.45) is 0 Å². The topological polar surface area (TPSA) is 81.2 Å². The zero-order valence-corrected chi connectivity index (χ0v) is 25.0. The Morgan fingerprint density at radius 2 is 1.03 bits per heavy atom. The van der Waals surface area contributed by atoms with Crippen LogP contribution in [0.3, 0.4) is 0 Å². The molecule has 2 aliphatic heterocycles. The van der Waals surface area contributed by atoms with E-state index in [0.29, 0.717) is 18.0 Å². The Labute approximate surface area is 220 Å². The zero-order valence-electron chi connectivity index (χ0n) is 25.0. The van der Waals surface area contributed by atoms with E-state index in [4.69, 9.17) is 15.0 Å². The van der Waals surface area contributed by atoms with Crippen LogP contribution in [-0.4, -0.2) is 68.8 Å². The number of anilines is 3. The molecule has 0 amide bonds. The Hall–Kier alpha value is -1.67. The van der Waals surface area contributed by atoms with Gasteiger partial charge in [0.15, 0.2) is 0 Å². The van der Waals surface area contributed by atoms with Crippen LogP contribution < -0.4 is 25.8 Å². The summed E-state index contributed by atoms with van der Waals surface area (Å²) >= 11 is 0. The molecular formula is C28H54N8. The lowest BCUT2D eigenvalue weighted by molar-refractivity contribution is 0.158. The minimum absolute atomic E-state index is 0.0563. The number of nitrogens with zero attached hydrogens (tertiary/aromatic N) is 5. The maximum atomic E-state index is 5.17. The molecule has 3 rings (SSSR count). The van der Waals surface area contributed by atoms with Gasteiger partial charge >= 0.3 is 0 Å². The van der Waals surface area contributed by atoms with Gasteiger partial charge in [0.25, 0.3) is 0 Å². The first-order valence-electron chi connectivity index (χ1n) is 14.2. The number of nitrogens with one attached hydrogen (secondary N) is 3. The molecule has 0 atom stereocenters. The maximum Gasteiger partial charge on any atom is 0.232 e. The summed E-state index contributed by atoms with van der Waals surface area (Å²) in [4.78, 5) is 19.9. The average Bonchev–Trinajstić information content (AvgIpc) is 2.69. The fraction of sp³-hybridized carbons (Fsp3) is 0.893. The molecule has 8 heteroatoms. The van der Waals surface area contributed by atoms with E-state index in [-0.39, 0.29) is 22.2 Å². The highest BCUT2D eigenvalue weighted by Crippen LogP contribution is 2.35. The zero-order chi connectivity index (χ0) is 26.9. The number of aromatic nitrogens is 3. The van der Waals surface area contributed by atoms with Gasteiger partial charge in [-0.15, -0.1) is 0 Å². The summed E-state index contributed by atoms with van der Waals surface area (Å²) in [5, 5.41) is 11.1. The molecule has 0 spiro atoms. The highest BCUT2D eigenvalue weighted by Gasteiger charge is 2.42. The van der Waals surface area contributed by atoms with Crippen molar-refractivity contribution in [1.29, 1.82) is 0 Å². The molecule has 1 aromatic rings. The molecule has 36 heavy (non-hydrogen) atoms. The molecule has 3 N–H and O–H groups in total. The van der Waals surface area contributed by atoms with Gasteiger partial charge in [-0.2, -0.15) is 15.0 Å². The first-order valence-corrected chi connectivity index (χ1v) is 14.2. The van der Waals surface area contributed by atoms with Crippen molar-refractivity contribution in [3.05, 3.63) is 0 Å². The van der Waals surface area contributed by atoms with Gasteiger partial charge in [-0.1, -0.05) is 6.92 Å². The summed E-state index contributed by atoms with van der Waals surface area (Å²) in [6.45, 7) is 27.7. The monoisotopic (exact) mass is 502 g/mol. The van der Waals surface area contributed by atoms with Crippen molar-refractivity contribution in [3.8, 4) is 0 Å². The normalized spacial score (nSPS) is 23.3. The lowest BCUT2D eigenvalue weighted by atomic mass is 9.79. The fourth-order valence-corrected chi connectivity index (χ4v) is 7.03. The smallest absolute Gasteiger partial charge is 0.232 e. The van der Waals surface area contributed by atoms with Crippen molar-refractivity contribution >= 4 is 17.8 Å². The van der Waals surface area contributed by atoms with Crippen molar-refractivity contribution < 1.29 is 0 Å². The van der Waals surface area contributed by atoms with Crippen molar-refractivity contribution in [1.82, 2.24) is 25.6 Å². The molecule has 206 valence electrons. The van der Waals surface area contributed by atoms with Crippen LogP contribution in [0.15, 0.2) is 0 Å². The van der Waals surface area contributed by atoms with Crippen LogP contribution in [0.4, 0.5) is 17.8 Å². The molecule has 0 radical (unpaired) electrons. The summed E-state index contributed by atoms with van der Waals surface area (Å²) in [5.41, 5.74) is 0.225. The molecule has 2 aliphatic rings. The third-order valence-electron chi connectivity index (χ3n) is 7.56. The Kier molecular flexibility index (Phi) is 8.51. The van der Waals surface area contributed by atoms with E-state index in [2.05, 4.69) is 102 Å². The van der Waals surface area contributed by atoms with Crippen LogP contribution >= 0.6 is 0 Å². The molecule has 2 saturated heterocycles. The van der Waals surface area contributed by atoms with Gasteiger partial charge in [-0.25, -0.2) is 0 Å². The third kappa shape index (κ3) is 7.21. The highest BCUT2D eigenvalue weighted by molar-refractivity contribution is 5.47. The Morgan fingerprint density at radius 1 is 0.667 bits per heavy atom. The SMILES string of the molecule is CCCNc1nc(N(CC)C2CC(C)(C)NC(C)(C)C2)nc(N(CC)C2CC(C)(C)NC(C)(C)C2)n1. The lowest BCUT2D eigenvalue weighted by Crippen LogP contribution is -2.62. The molecule has 2 fully saturated rings. The highest BCUT2D eigenvalue weighted by atomic mass is 15.4. The van der Waals surface area contributed by atoms with E-state index < -0.39 is 0 Å². The van der Waals surface area contributed by atoms with Gasteiger partial charge < -0.3 is 25.8 Å². The second-order valence-corrected chi connectivity index (χ2v) is 13.7. The maximum absolute atomic E-state index is 5.17. The van der Waals surface area contributed by atoms with E-state index in [1.54, 1.807) is 0 Å². The quantitative estimate of drug-likeness (QED) is 0.437. The summed E-state index contributed by atoms with van der Waals surface area (Å²) in [6.07, 6.45) is 5.24. The second kappa shape index (κ2) is 10.6. The van der Waals surface area contributed by atoms with Crippen molar-refractivity contribution in [2.75, 3.05) is 34.8 Å². The van der Waals surface area contributed by atoms with Gasteiger partial charge in [0.2, 0.25) is 17.8 Å². The van der Waals surface area contributed by atoms with Gasteiger partial charge in [0.05, 0.1) is 0 Å². The molecule has 1 aromatic heterocycles. The molecule has 3 heterocycles. The predicted molar refractivity (Wildman–Crippen MR) is 153 cm³/mol. The number of rotatable bonds is 9. The van der Waals surface area contributed by atoms with Gasteiger partial charge in [-0.05, 0) is 101 Å². The van der Waals surface area contributed by atoms with Crippen molar-refractivity contribution in [2.45, 2.75) is 143 Å². The summed E-state index contributed by atoms with van der Waals surface area (Å²) < 4.78 is 0. The van der Waals surface area contributed by atoms with E-state index in [1.165, 1.54) is 0 Å². The van der Waals surface area contributed by atoms with E-state index in [9.17, 15) is 0 Å². The van der Waals surface area contributed by atoms with Crippen molar-refractivity contribution in [3.63, 3.8) is 0 Å². The van der Waals surface area contributed by atoms with Crippen LogP contribution in [-0.2, 0) is 0 Å². The number of hydrogen-bond donors (Lipinski definition) is 3. The minimum atomic E-state index is 0.0563. The standard InChI is InChI=1S/C28H54N8/c1-12-15-29-22-30-23(35(13-2)20-16-25(4,5)33-26(6,7)17-20)32-24(31-22)36(14-3)21-18-27(8,9)34-28(10,11)19-21/h20-21,33-34H,12-19H2,1-11H3,(H,29,30,31,32). The summed E-state index contributed by atoms with van der Waals surface area (Å²) in [5.74, 6) is 2.28. The van der Waals surface area contributed by atoms with E-state index in [1.807, 2.05) is 0 Å². The van der Waals surface area contributed by atoms with E-state index in [0.717, 1.165) is 63.6 Å². The molecule has 0 bridgehead atoms. The lowest BCUT2D eigenvalue weighted by Gasteiger charge is -2.50. The second-order valence-electron chi connectivity index (χ2n) is 13.7. The Bertz CT molecular complexity index is 782.